The topological polar surface area (TPSA) is 118 Å². The van der Waals surface area contributed by atoms with E-state index in [9.17, 15) is 35.9 Å². The molecule has 0 aliphatic heterocycles. The first-order valence-corrected chi connectivity index (χ1v) is 10.4. The smallest absolute Gasteiger partial charge is 0.406 e. The van der Waals surface area contributed by atoms with Crippen LogP contribution in [0.3, 0.4) is 0 Å². The largest absolute Gasteiger partial charge is 0.573 e. The van der Waals surface area contributed by atoms with E-state index in [4.69, 9.17) is 5.11 Å². The number of carbonyl (C=O) groups excluding carboxylic acids is 2. The van der Waals surface area contributed by atoms with E-state index in [2.05, 4.69) is 25.7 Å². The first-order chi connectivity index (χ1) is 17.3. The van der Waals surface area contributed by atoms with Gasteiger partial charge in [-0.05, 0) is 42.0 Å². The first kappa shape index (κ1) is 27.3. The van der Waals surface area contributed by atoms with Gasteiger partial charge < -0.3 is 25.0 Å². The molecule has 0 aliphatic rings. The minimum Gasteiger partial charge on any atom is -0.406 e. The quantitative estimate of drug-likeness (QED) is 0.325. The van der Waals surface area contributed by atoms with Gasteiger partial charge in [-0.1, -0.05) is 12.1 Å². The molecule has 198 valence electrons. The third-order valence-electron chi connectivity index (χ3n) is 4.60. The lowest BCUT2D eigenvalue weighted by molar-refractivity contribution is -0.274. The molecule has 15 heteroatoms. The van der Waals surface area contributed by atoms with Gasteiger partial charge in [0.1, 0.15) is 5.75 Å². The van der Waals surface area contributed by atoms with Crippen molar-refractivity contribution in [1.29, 1.82) is 0 Å². The number of aromatic nitrogens is 2. The van der Waals surface area contributed by atoms with E-state index in [0.29, 0.717) is 5.56 Å². The summed E-state index contributed by atoms with van der Waals surface area (Å²) in [5, 5.41) is 16.0. The third-order valence-corrected chi connectivity index (χ3v) is 4.60. The number of hydrogen-bond donors (Lipinski definition) is 4. The number of hydrogen-bond acceptors (Lipinski definition) is 5. The maximum Gasteiger partial charge on any atom is 0.573 e. The Morgan fingerprint density at radius 1 is 0.946 bits per heavy atom. The zero-order valence-corrected chi connectivity index (χ0v) is 18.7. The summed E-state index contributed by atoms with van der Waals surface area (Å²) < 4.78 is 80.3. The van der Waals surface area contributed by atoms with Gasteiger partial charge in [-0.25, -0.2) is 9.78 Å². The van der Waals surface area contributed by atoms with Crippen LogP contribution in [0, 0.1) is 0 Å². The molecule has 37 heavy (non-hydrogen) atoms. The average molecular weight is 531 g/mol. The van der Waals surface area contributed by atoms with Crippen molar-refractivity contribution < 1.29 is 45.8 Å². The molecule has 3 aromatic rings. The number of carbonyl (C=O) groups is 2. The highest BCUT2D eigenvalue weighted by Gasteiger charge is 2.31. The molecule has 0 aliphatic carbocycles. The Morgan fingerprint density at radius 3 is 2.16 bits per heavy atom. The molecule has 3 rings (SSSR count). The van der Waals surface area contributed by atoms with Crippen molar-refractivity contribution in [3.05, 3.63) is 71.7 Å². The number of amides is 3. The molecular formula is C22H19F6N5O4. The second-order valence-corrected chi connectivity index (χ2v) is 7.40. The summed E-state index contributed by atoms with van der Waals surface area (Å²) in [6, 6.07) is 7.69. The van der Waals surface area contributed by atoms with E-state index < -0.39 is 35.8 Å². The van der Waals surface area contributed by atoms with E-state index in [1.165, 1.54) is 22.9 Å². The maximum absolute atomic E-state index is 12.8. The molecule has 9 nitrogen and oxygen atoms in total. The molecule has 0 unspecified atom stereocenters. The highest BCUT2D eigenvalue weighted by molar-refractivity contribution is 5.99. The van der Waals surface area contributed by atoms with Crippen LogP contribution in [0.15, 0.2) is 54.7 Å². The van der Waals surface area contributed by atoms with Crippen molar-refractivity contribution in [2.45, 2.75) is 19.1 Å². The fourth-order valence-electron chi connectivity index (χ4n) is 3.04. The highest BCUT2D eigenvalue weighted by Crippen LogP contribution is 2.29. The van der Waals surface area contributed by atoms with Gasteiger partial charge in [-0.15, -0.1) is 13.2 Å². The number of halogens is 6. The summed E-state index contributed by atoms with van der Waals surface area (Å²) in [5.74, 6) is -1.50. The molecule has 4 N–H and O–H groups in total. The third kappa shape index (κ3) is 8.13. The zero-order valence-electron chi connectivity index (χ0n) is 18.7. The monoisotopic (exact) mass is 531 g/mol. The Hall–Kier alpha value is -4.27. The molecule has 1 aromatic heterocycles. The maximum atomic E-state index is 12.8. The van der Waals surface area contributed by atoms with Gasteiger partial charge in [0, 0.05) is 25.0 Å². The molecule has 0 saturated carbocycles. The number of rotatable bonds is 8. The number of imidazole rings is 1. The van der Waals surface area contributed by atoms with E-state index in [1.54, 1.807) is 0 Å². The SMILES string of the molecule is O=C(Nc1ccc(OC(F)(F)F)cc1)Nc1cn(Cc2ccc(C(F)(F)F)cc2)c(C(=O)NCCO)n1. The number of anilines is 2. The number of urea groups is 1. The van der Waals surface area contributed by atoms with Crippen molar-refractivity contribution in [3.8, 4) is 5.75 Å². The van der Waals surface area contributed by atoms with Crippen LogP contribution in [-0.4, -0.2) is 46.1 Å². The number of benzene rings is 2. The highest BCUT2D eigenvalue weighted by atomic mass is 19.4. The molecule has 1 heterocycles. The van der Waals surface area contributed by atoms with Gasteiger partial charge >= 0.3 is 18.6 Å². The van der Waals surface area contributed by atoms with Gasteiger partial charge in [0.05, 0.1) is 12.2 Å². The van der Waals surface area contributed by atoms with E-state index >= 15 is 0 Å². The van der Waals surface area contributed by atoms with Crippen molar-refractivity contribution >= 4 is 23.4 Å². The van der Waals surface area contributed by atoms with Gasteiger partial charge in [-0.3, -0.25) is 10.1 Å². The van der Waals surface area contributed by atoms with E-state index in [1.807, 2.05) is 0 Å². The predicted octanol–water partition coefficient (Wildman–Crippen LogP) is 4.21. The summed E-state index contributed by atoms with van der Waals surface area (Å²) in [5.41, 5.74) is -0.323. The van der Waals surface area contributed by atoms with Crippen LogP contribution in [0.4, 0.5) is 42.6 Å². The van der Waals surface area contributed by atoms with Crippen molar-refractivity contribution in [2.24, 2.45) is 0 Å². The summed E-state index contributed by atoms with van der Waals surface area (Å²) in [4.78, 5) is 28.8. The Balaban J connectivity index is 1.73. The summed E-state index contributed by atoms with van der Waals surface area (Å²) >= 11 is 0. The molecule has 0 bridgehead atoms. The predicted molar refractivity (Wildman–Crippen MR) is 118 cm³/mol. The van der Waals surface area contributed by atoms with Crippen LogP contribution in [0.1, 0.15) is 21.7 Å². The molecule has 0 radical (unpaired) electrons. The number of nitrogens with one attached hydrogen (secondary N) is 3. The Labute approximate surface area is 205 Å². The number of aliphatic hydroxyl groups excluding tert-OH is 1. The lowest BCUT2D eigenvalue weighted by atomic mass is 10.1. The Bertz CT molecular complexity index is 1220. The van der Waals surface area contributed by atoms with Crippen molar-refractivity contribution in [3.63, 3.8) is 0 Å². The summed E-state index contributed by atoms with van der Waals surface area (Å²) in [6.07, 6.45) is -8.11. The molecule has 2 aromatic carbocycles. The molecule has 0 saturated heterocycles. The first-order valence-electron chi connectivity index (χ1n) is 10.4. The van der Waals surface area contributed by atoms with Crippen molar-refractivity contribution in [1.82, 2.24) is 14.9 Å². The lowest BCUT2D eigenvalue weighted by Gasteiger charge is -2.10. The Morgan fingerprint density at radius 2 is 1.59 bits per heavy atom. The minimum absolute atomic E-state index is 0.0724. The van der Waals surface area contributed by atoms with Gasteiger partial charge in [-0.2, -0.15) is 13.2 Å². The summed E-state index contributed by atoms with van der Waals surface area (Å²) in [6.45, 7) is -0.522. The molecule has 0 spiro atoms. The Kier molecular flexibility index (Phi) is 8.27. The fraction of sp³-hybridized carbons (Fsp3) is 0.227. The van der Waals surface area contributed by atoms with Crippen molar-refractivity contribution in [2.75, 3.05) is 23.8 Å². The fourth-order valence-corrected chi connectivity index (χ4v) is 3.04. The van der Waals surface area contributed by atoms with Crippen LogP contribution in [0.5, 0.6) is 5.75 Å². The lowest BCUT2D eigenvalue weighted by Crippen LogP contribution is -2.29. The molecule has 0 fully saturated rings. The summed E-state index contributed by atoms with van der Waals surface area (Å²) in [7, 11) is 0. The zero-order chi connectivity index (χ0) is 27.2. The number of ether oxygens (including phenoxy) is 1. The second-order valence-electron chi connectivity index (χ2n) is 7.40. The standard InChI is InChI=1S/C22H19F6N5O4/c23-21(24,25)14-3-1-13(2-4-14)11-33-12-17(31-18(33)19(35)29-9-10-34)32-20(36)30-15-5-7-16(8-6-15)37-22(26,27)28/h1-8,12,34H,9-11H2,(H,29,35)(H2,30,32,36). The molecule has 0 atom stereocenters. The van der Waals surface area contributed by atoms with Crippen LogP contribution in [-0.2, 0) is 12.7 Å². The van der Waals surface area contributed by atoms with Gasteiger partial charge in [0.25, 0.3) is 5.91 Å². The van der Waals surface area contributed by atoms with E-state index in [0.717, 1.165) is 36.4 Å². The van der Waals surface area contributed by atoms with Gasteiger partial charge in [0.15, 0.2) is 5.82 Å². The molecular weight excluding hydrogens is 512 g/mol. The van der Waals surface area contributed by atoms with Gasteiger partial charge in [0.2, 0.25) is 5.82 Å². The number of nitrogens with zero attached hydrogens (tertiary/aromatic N) is 2. The van der Waals surface area contributed by atoms with Crippen LogP contribution >= 0.6 is 0 Å². The van der Waals surface area contributed by atoms with E-state index in [-0.39, 0.29) is 37.0 Å². The van der Waals surface area contributed by atoms with Crippen LogP contribution in [0.25, 0.3) is 0 Å². The second kappa shape index (κ2) is 11.2. The van der Waals surface area contributed by atoms with Crippen LogP contribution < -0.4 is 20.7 Å². The average Bonchev–Trinajstić information content (AvgIpc) is 3.19. The van der Waals surface area contributed by atoms with Crippen LogP contribution in [0.2, 0.25) is 0 Å². The number of aliphatic hydroxyl groups is 1. The normalized spacial score (nSPS) is 11.6. The number of alkyl halides is 6. The minimum atomic E-state index is -4.87. The molecule has 3 amide bonds.